The fourth-order valence-corrected chi connectivity index (χ4v) is 4.37. The van der Waals surface area contributed by atoms with Gasteiger partial charge in [-0.05, 0) is 32.4 Å². The van der Waals surface area contributed by atoms with E-state index in [9.17, 15) is 14.4 Å². The molecule has 1 aliphatic rings. The van der Waals surface area contributed by atoms with Gasteiger partial charge < -0.3 is 29.2 Å². The summed E-state index contributed by atoms with van der Waals surface area (Å²) in [6, 6.07) is 11.4. The van der Waals surface area contributed by atoms with Crippen LogP contribution < -0.4 is 10.2 Å². The van der Waals surface area contributed by atoms with Gasteiger partial charge in [-0.3, -0.25) is 0 Å². The Balaban J connectivity index is 2.05. The van der Waals surface area contributed by atoms with Gasteiger partial charge in [-0.25, -0.2) is 18.9 Å². The number of amides is 1. The van der Waals surface area contributed by atoms with Gasteiger partial charge in [0, 0.05) is 25.2 Å². The fraction of sp³-hybridized carbons (Fsp3) is 0.407. The number of esters is 2. The van der Waals surface area contributed by atoms with Gasteiger partial charge >= 0.3 is 18.0 Å². The van der Waals surface area contributed by atoms with Crippen molar-refractivity contribution in [3.63, 3.8) is 0 Å². The molecular weight excluding hydrogens is 492 g/mol. The summed E-state index contributed by atoms with van der Waals surface area (Å²) in [7, 11) is 0. The van der Waals surface area contributed by atoms with Crippen LogP contribution in [-0.4, -0.2) is 73.7 Å². The van der Waals surface area contributed by atoms with Crippen LogP contribution in [0.3, 0.4) is 0 Å². The summed E-state index contributed by atoms with van der Waals surface area (Å²) >= 11 is 0. The van der Waals surface area contributed by atoms with Crippen molar-refractivity contribution in [3.05, 3.63) is 53.2 Å². The predicted octanol–water partition coefficient (Wildman–Crippen LogP) is 3.44. The molecule has 0 bridgehead atoms. The summed E-state index contributed by atoms with van der Waals surface area (Å²) in [6.45, 7) is 7.67. The first-order valence-corrected chi connectivity index (χ1v) is 12.7. The number of hydrogen-bond acceptors (Lipinski definition) is 9. The van der Waals surface area contributed by atoms with Gasteiger partial charge in [0.05, 0.1) is 37.6 Å². The first-order chi connectivity index (χ1) is 18.5. The van der Waals surface area contributed by atoms with Gasteiger partial charge in [-0.2, -0.15) is 0 Å². The summed E-state index contributed by atoms with van der Waals surface area (Å²) in [5.74, 6) is -0.808. The van der Waals surface area contributed by atoms with Crippen LogP contribution in [0.5, 0.6) is 0 Å². The van der Waals surface area contributed by atoms with E-state index in [-0.39, 0.29) is 36.6 Å². The molecule has 11 heteroatoms. The van der Waals surface area contributed by atoms with Crippen molar-refractivity contribution >= 4 is 29.4 Å². The lowest BCUT2D eigenvalue weighted by Gasteiger charge is -2.28. The standard InChI is InChI=1S/C27H32N4O7/c1-4-28-27(34)38-17-20-22(25(32)36-5-2)23(26(33)37-6-3)24-19(18-10-8-7-9-11-18)16-21(29-31(20)24)30-12-14-35-15-13-30/h7-11,16H,4-6,12-15,17H2,1-3H3,(H,28,34). The molecule has 1 fully saturated rings. The lowest BCUT2D eigenvalue weighted by Crippen LogP contribution is -2.37. The van der Waals surface area contributed by atoms with E-state index in [0.29, 0.717) is 49.7 Å². The Labute approximate surface area is 220 Å². The summed E-state index contributed by atoms with van der Waals surface area (Å²) in [4.78, 5) is 41.0. The highest BCUT2D eigenvalue weighted by atomic mass is 16.6. The number of benzene rings is 1. The van der Waals surface area contributed by atoms with Crippen LogP contribution in [0.1, 0.15) is 47.2 Å². The highest BCUT2D eigenvalue weighted by molar-refractivity contribution is 6.12. The predicted molar refractivity (Wildman–Crippen MR) is 139 cm³/mol. The number of aromatic nitrogens is 2. The quantitative estimate of drug-likeness (QED) is 0.331. The molecule has 0 radical (unpaired) electrons. The number of alkyl carbamates (subject to hydrolysis) is 1. The number of carbonyl (C=O) groups excluding carboxylic acids is 3. The van der Waals surface area contributed by atoms with Crippen molar-refractivity contribution in [2.45, 2.75) is 27.4 Å². The van der Waals surface area contributed by atoms with Gasteiger partial charge in [0.15, 0.2) is 0 Å². The van der Waals surface area contributed by atoms with Crippen LogP contribution in [0.4, 0.5) is 10.6 Å². The minimum absolute atomic E-state index is 0.0136. The van der Waals surface area contributed by atoms with Gasteiger partial charge in [0.1, 0.15) is 23.6 Å². The van der Waals surface area contributed by atoms with E-state index in [1.165, 1.54) is 4.52 Å². The topological polar surface area (TPSA) is 121 Å². The Morgan fingerprint density at radius 3 is 2.24 bits per heavy atom. The van der Waals surface area contributed by atoms with Crippen molar-refractivity contribution in [2.75, 3.05) is 51.0 Å². The van der Waals surface area contributed by atoms with E-state index >= 15 is 0 Å². The van der Waals surface area contributed by atoms with Crippen molar-refractivity contribution in [3.8, 4) is 11.1 Å². The number of nitrogens with zero attached hydrogens (tertiary/aromatic N) is 3. The smallest absolute Gasteiger partial charge is 0.407 e. The molecule has 38 heavy (non-hydrogen) atoms. The third-order valence-corrected chi connectivity index (χ3v) is 6.01. The van der Waals surface area contributed by atoms with E-state index in [2.05, 4.69) is 10.2 Å². The number of rotatable bonds is 9. The SMILES string of the molecule is CCNC(=O)OCc1c(C(=O)OCC)c(C(=O)OCC)c2c(-c3ccccc3)cc(N3CCOCC3)nn12. The zero-order chi connectivity index (χ0) is 27.1. The Hall–Kier alpha value is -4.12. The molecule has 3 heterocycles. The zero-order valence-corrected chi connectivity index (χ0v) is 21.8. The minimum atomic E-state index is -0.734. The summed E-state index contributed by atoms with van der Waals surface area (Å²) in [5.41, 5.74) is 2.02. The molecule has 0 unspecified atom stereocenters. The van der Waals surface area contributed by atoms with Crippen LogP contribution in [-0.2, 0) is 25.6 Å². The van der Waals surface area contributed by atoms with Crippen molar-refractivity contribution in [1.82, 2.24) is 14.9 Å². The molecule has 1 saturated heterocycles. The molecule has 0 aliphatic carbocycles. The highest BCUT2D eigenvalue weighted by Crippen LogP contribution is 2.36. The second kappa shape index (κ2) is 12.4. The number of carbonyl (C=O) groups is 3. The van der Waals surface area contributed by atoms with Gasteiger partial charge in [0.2, 0.25) is 0 Å². The summed E-state index contributed by atoms with van der Waals surface area (Å²) in [6.07, 6.45) is -0.664. The second-order valence-corrected chi connectivity index (χ2v) is 8.39. The van der Waals surface area contributed by atoms with Crippen LogP contribution in [0.25, 0.3) is 16.6 Å². The molecule has 3 aromatic rings. The molecule has 1 amide bonds. The van der Waals surface area contributed by atoms with Gasteiger partial charge in [-0.15, -0.1) is 5.10 Å². The molecule has 1 aromatic carbocycles. The number of ether oxygens (including phenoxy) is 4. The van der Waals surface area contributed by atoms with E-state index in [0.717, 1.165) is 5.56 Å². The largest absolute Gasteiger partial charge is 0.462 e. The van der Waals surface area contributed by atoms with Crippen LogP contribution >= 0.6 is 0 Å². The van der Waals surface area contributed by atoms with E-state index in [1.807, 2.05) is 36.4 Å². The molecule has 202 valence electrons. The lowest BCUT2D eigenvalue weighted by molar-refractivity contribution is 0.0478. The molecular formula is C27H32N4O7. The number of hydrogen-bond donors (Lipinski definition) is 1. The third kappa shape index (κ3) is 5.57. The first kappa shape index (κ1) is 26.9. The molecule has 0 saturated carbocycles. The monoisotopic (exact) mass is 524 g/mol. The Bertz CT molecular complexity index is 1300. The summed E-state index contributed by atoms with van der Waals surface area (Å²) < 4.78 is 23.2. The maximum atomic E-state index is 13.4. The summed E-state index contributed by atoms with van der Waals surface area (Å²) in [5, 5.41) is 7.40. The second-order valence-electron chi connectivity index (χ2n) is 8.39. The zero-order valence-electron chi connectivity index (χ0n) is 21.8. The molecule has 11 nitrogen and oxygen atoms in total. The Morgan fingerprint density at radius 2 is 1.61 bits per heavy atom. The molecule has 0 spiro atoms. The molecule has 1 aliphatic heterocycles. The van der Waals surface area contributed by atoms with E-state index in [1.54, 1.807) is 20.8 Å². The van der Waals surface area contributed by atoms with Crippen LogP contribution in [0.2, 0.25) is 0 Å². The average molecular weight is 525 g/mol. The maximum Gasteiger partial charge on any atom is 0.407 e. The first-order valence-electron chi connectivity index (χ1n) is 12.7. The van der Waals surface area contributed by atoms with E-state index < -0.39 is 18.0 Å². The van der Waals surface area contributed by atoms with E-state index in [4.69, 9.17) is 24.0 Å². The van der Waals surface area contributed by atoms with Crippen molar-refractivity contribution in [1.29, 1.82) is 0 Å². The molecule has 2 aromatic heterocycles. The number of fused-ring (bicyclic) bond motifs is 1. The molecule has 1 N–H and O–H groups in total. The van der Waals surface area contributed by atoms with Gasteiger partial charge in [0.25, 0.3) is 0 Å². The minimum Gasteiger partial charge on any atom is -0.462 e. The van der Waals surface area contributed by atoms with Crippen molar-refractivity contribution in [2.24, 2.45) is 0 Å². The fourth-order valence-electron chi connectivity index (χ4n) is 4.37. The van der Waals surface area contributed by atoms with Crippen LogP contribution in [0.15, 0.2) is 36.4 Å². The van der Waals surface area contributed by atoms with Crippen molar-refractivity contribution < 1.29 is 33.3 Å². The molecule has 0 atom stereocenters. The normalized spacial score (nSPS) is 13.3. The lowest BCUT2D eigenvalue weighted by atomic mass is 10.0. The third-order valence-electron chi connectivity index (χ3n) is 6.01. The number of nitrogens with one attached hydrogen (secondary N) is 1. The average Bonchev–Trinajstić information content (AvgIpc) is 3.27. The highest BCUT2D eigenvalue weighted by Gasteiger charge is 2.34. The van der Waals surface area contributed by atoms with Crippen LogP contribution in [0, 0.1) is 0 Å². The van der Waals surface area contributed by atoms with Gasteiger partial charge in [-0.1, -0.05) is 30.3 Å². The Kier molecular flexibility index (Phi) is 8.80. The number of morpholine rings is 1. The maximum absolute atomic E-state index is 13.4. The Morgan fingerprint density at radius 1 is 0.947 bits per heavy atom. The number of anilines is 1. The molecule has 4 rings (SSSR count).